The Hall–Kier alpha value is -0.790. The molecule has 1 saturated carbocycles. The number of carbonyl (C=O) groups is 1. The first-order valence-electron chi connectivity index (χ1n) is 5.84. The van der Waals surface area contributed by atoms with Gasteiger partial charge in [-0.3, -0.25) is 4.79 Å². The second kappa shape index (κ2) is 3.66. The van der Waals surface area contributed by atoms with E-state index < -0.39 is 0 Å². The van der Waals surface area contributed by atoms with Crippen LogP contribution in [0.3, 0.4) is 0 Å². The number of esters is 1. The normalized spacial score (nSPS) is 31.5. The summed E-state index contributed by atoms with van der Waals surface area (Å²) >= 11 is 0. The molecular weight excluding hydrogens is 188 g/mol. The van der Waals surface area contributed by atoms with Gasteiger partial charge in [0.2, 0.25) is 0 Å². The van der Waals surface area contributed by atoms with Gasteiger partial charge in [0.15, 0.2) is 0 Å². The monoisotopic (exact) mass is 208 g/mol. The Kier molecular flexibility index (Phi) is 2.61. The molecule has 15 heavy (non-hydrogen) atoms. The van der Waals surface area contributed by atoms with Crippen molar-refractivity contribution in [1.82, 2.24) is 0 Å². The van der Waals surface area contributed by atoms with Crippen molar-refractivity contribution < 1.29 is 9.53 Å². The molecule has 1 fully saturated rings. The van der Waals surface area contributed by atoms with Gasteiger partial charge in [-0.15, -0.1) is 0 Å². The third-order valence-corrected chi connectivity index (χ3v) is 4.28. The fraction of sp³-hybridized carbons (Fsp3) is 0.769. The lowest BCUT2D eigenvalue weighted by molar-refractivity contribution is -0.141. The predicted octanol–water partition coefficient (Wildman–Crippen LogP) is 2.93. The lowest BCUT2D eigenvalue weighted by Gasteiger charge is -2.56. The zero-order valence-electron chi connectivity index (χ0n) is 9.88. The molecule has 2 nitrogen and oxygen atoms in total. The van der Waals surface area contributed by atoms with Crippen molar-refractivity contribution >= 4 is 5.97 Å². The van der Waals surface area contributed by atoms with Gasteiger partial charge in [-0.05, 0) is 30.1 Å². The van der Waals surface area contributed by atoms with Crippen LogP contribution in [0.15, 0.2) is 11.6 Å². The minimum atomic E-state index is -0.169. The molecule has 0 aromatic carbocycles. The summed E-state index contributed by atoms with van der Waals surface area (Å²) in [5, 5.41) is 0. The molecule has 2 bridgehead atoms. The highest BCUT2D eigenvalue weighted by atomic mass is 16.5. The number of fused-ring (bicyclic) bond motifs is 1. The van der Waals surface area contributed by atoms with E-state index in [0.29, 0.717) is 12.0 Å². The van der Waals surface area contributed by atoms with Gasteiger partial charge in [0.25, 0.3) is 0 Å². The van der Waals surface area contributed by atoms with Crippen LogP contribution in [0.4, 0.5) is 0 Å². The summed E-state index contributed by atoms with van der Waals surface area (Å²) in [6.45, 7) is 6.76. The lowest BCUT2D eigenvalue weighted by atomic mass is 9.48. The molecule has 84 valence electrons. The van der Waals surface area contributed by atoms with Gasteiger partial charge in [-0.25, -0.2) is 0 Å². The van der Waals surface area contributed by atoms with E-state index in [0.717, 1.165) is 18.3 Å². The van der Waals surface area contributed by atoms with Gasteiger partial charge in [0.1, 0.15) is 0 Å². The molecule has 3 rings (SSSR count). The third-order valence-electron chi connectivity index (χ3n) is 4.28. The van der Waals surface area contributed by atoms with Crippen LogP contribution in [0.1, 0.15) is 40.0 Å². The quantitative estimate of drug-likeness (QED) is 0.526. The summed E-state index contributed by atoms with van der Waals surface area (Å²) in [5.41, 5.74) is 2.00. The van der Waals surface area contributed by atoms with Crippen molar-refractivity contribution in [3.05, 3.63) is 11.6 Å². The van der Waals surface area contributed by atoms with Crippen molar-refractivity contribution in [2.75, 3.05) is 6.61 Å². The number of hydrogen-bond acceptors (Lipinski definition) is 2. The standard InChI is InChI=1S/C13H20O2/c1-9(14)15-7-6-10-4-5-11-8-12(10)13(11,2)3/h4,11-12H,5-8H2,1-3H3/t11?,12-/m0/s1. The van der Waals surface area contributed by atoms with Crippen molar-refractivity contribution in [3.63, 3.8) is 0 Å². The van der Waals surface area contributed by atoms with Crippen molar-refractivity contribution in [2.45, 2.75) is 40.0 Å². The zero-order valence-corrected chi connectivity index (χ0v) is 9.88. The van der Waals surface area contributed by atoms with Crippen LogP contribution in [-0.2, 0) is 9.53 Å². The molecule has 0 aromatic heterocycles. The molecule has 1 unspecified atom stereocenters. The van der Waals surface area contributed by atoms with Crippen LogP contribution in [0.2, 0.25) is 0 Å². The Morgan fingerprint density at radius 3 is 2.87 bits per heavy atom. The summed E-state index contributed by atoms with van der Waals surface area (Å²) in [6, 6.07) is 0. The Balaban J connectivity index is 1.88. The number of ether oxygens (including phenoxy) is 1. The second-order valence-electron chi connectivity index (χ2n) is 5.41. The maximum atomic E-state index is 10.7. The first kappa shape index (κ1) is 10.7. The molecule has 0 radical (unpaired) electrons. The SMILES string of the molecule is CC(=O)OCCC1=CCC2C[C@@H]1C2(C)C. The van der Waals surface area contributed by atoms with Gasteiger partial charge < -0.3 is 4.74 Å². The van der Waals surface area contributed by atoms with E-state index in [1.165, 1.54) is 25.3 Å². The van der Waals surface area contributed by atoms with Crippen LogP contribution in [-0.4, -0.2) is 12.6 Å². The summed E-state index contributed by atoms with van der Waals surface area (Å²) in [5.74, 6) is 1.46. The van der Waals surface area contributed by atoms with Crippen molar-refractivity contribution in [3.8, 4) is 0 Å². The molecule has 2 heteroatoms. The Morgan fingerprint density at radius 2 is 2.33 bits per heavy atom. The molecule has 2 atom stereocenters. The van der Waals surface area contributed by atoms with Gasteiger partial charge in [0, 0.05) is 13.3 Å². The van der Waals surface area contributed by atoms with Crippen molar-refractivity contribution in [2.24, 2.45) is 17.3 Å². The van der Waals surface area contributed by atoms with E-state index in [9.17, 15) is 4.79 Å². The van der Waals surface area contributed by atoms with E-state index in [1.54, 1.807) is 0 Å². The fourth-order valence-corrected chi connectivity index (χ4v) is 3.07. The molecule has 3 aliphatic rings. The average molecular weight is 208 g/mol. The van der Waals surface area contributed by atoms with E-state index >= 15 is 0 Å². The van der Waals surface area contributed by atoms with Gasteiger partial charge in [-0.1, -0.05) is 25.5 Å². The molecule has 0 spiro atoms. The summed E-state index contributed by atoms with van der Waals surface area (Å²) in [7, 11) is 0. The minimum Gasteiger partial charge on any atom is -0.466 e. The van der Waals surface area contributed by atoms with Gasteiger partial charge in [-0.2, -0.15) is 0 Å². The van der Waals surface area contributed by atoms with E-state index in [4.69, 9.17) is 4.74 Å². The van der Waals surface area contributed by atoms with Crippen LogP contribution in [0, 0.1) is 17.3 Å². The zero-order chi connectivity index (χ0) is 11.1. The molecule has 0 N–H and O–H groups in total. The highest BCUT2D eigenvalue weighted by Gasteiger charge is 2.50. The topological polar surface area (TPSA) is 26.3 Å². The van der Waals surface area contributed by atoms with Crippen LogP contribution >= 0.6 is 0 Å². The van der Waals surface area contributed by atoms with E-state index in [2.05, 4.69) is 19.9 Å². The first-order valence-corrected chi connectivity index (χ1v) is 5.84. The van der Waals surface area contributed by atoms with Crippen LogP contribution < -0.4 is 0 Å². The highest BCUT2D eigenvalue weighted by Crippen LogP contribution is 2.59. The average Bonchev–Trinajstić information content (AvgIpc) is 2.17. The predicted molar refractivity (Wildman–Crippen MR) is 59.3 cm³/mol. The third kappa shape index (κ3) is 1.82. The maximum Gasteiger partial charge on any atom is 0.302 e. The number of carbonyl (C=O) groups excluding carboxylic acids is 1. The lowest BCUT2D eigenvalue weighted by Crippen LogP contribution is -2.48. The number of hydrogen-bond donors (Lipinski definition) is 0. The molecule has 3 aliphatic carbocycles. The summed E-state index contributed by atoms with van der Waals surface area (Å²) in [4.78, 5) is 10.7. The summed E-state index contributed by atoms with van der Waals surface area (Å²) in [6.07, 6.45) is 5.87. The van der Waals surface area contributed by atoms with Gasteiger partial charge in [0.05, 0.1) is 6.61 Å². The van der Waals surface area contributed by atoms with E-state index in [-0.39, 0.29) is 5.97 Å². The minimum absolute atomic E-state index is 0.169. The van der Waals surface area contributed by atoms with Gasteiger partial charge >= 0.3 is 5.97 Å². The van der Waals surface area contributed by atoms with E-state index in [1.807, 2.05) is 0 Å². The molecule has 0 heterocycles. The van der Waals surface area contributed by atoms with Crippen LogP contribution in [0.25, 0.3) is 0 Å². The maximum absolute atomic E-state index is 10.7. The molecule has 0 saturated heterocycles. The number of rotatable bonds is 3. The molecular formula is C13H20O2. The molecule has 0 aromatic rings. The van der Waals surface area contributed by atoms with Crippen LogP contribution in [0.5, 0.6) is 0 Å². The summed E-state index contributed by atoms with van der Waals surface area (Å²) < 4.78 is 5.00. The Morgan fingerprint density at radius 1 is 1.60 bits per heavy atom. The Labute approximate surface area is 91.7 Å². The second-order valence-corrected chi connectivity index (χ2v) is 5.41. The largest absolute Gasteiger partial charge is 0.466 e. The van der Waals surface area contributed by atoms with Crippen molar-refractivity contribution in [1.29, 1.82) is 0 Å². The number of allylic oxidation sites excluding steroid dienone is 1. The smallest absolute Gasteiger partial charge is 0.302 e. The Bertz CT molecular complexity index is 302. The molecule has 0 aliphatic heterocycles. The highest BCUT2D eigenvalue weighted by molar-refractivity contribution is 5.65. The fourth-order valence-electron chi connectivity index (χ4n) is 3.07. The molecule has 0 amide bonds. The first-order chi connectivity index (χ1) is 7.01.